The van der Waals surface area contributed by atoms with E-state index in [1.807, 2.05) is 0 Å². The van der Waals surface area contributed by atoms with Gasteiger partial charge in [0.2, 0.25) is 5.88 Å². The molecule has 0 aliphatic rings. The predicted octanol–water partition coefficient (Wildman–Crippen LogP) is 2.14. The topological polar surface area (TPSA) is 55.0 Å². The van der Waals surface area contributed by atoms with Gasteiger partial charge in [0.15, 0.2) is 0 Å². The average molecular weight is 211 g/mol. The van der Waals surface area contributed by atoms with Crippen molar-refractivity contribution in [1.29, 1.82) is 0 Å². The maximum Gasteiger partial charge on any atom is 0.309 e. The Labute approximate surface area is 84.9 Å². The van der Waals surface area contributed by atoms with Crippen molar-refractivity contribution in [3.05, 3.63) is 23.4 Å². The zero-order valence-electron chi connectivity index (χ0n) is 7.37. The molecule has 0 spiro atoms. The predicted molar refractivity (Wildman–Crippen MR) is 52.4 cm³/mol. The van der Waals surface area contributed by atoms with Crippen molar-refractivity contribution in [3.8, 4) is 5.88 Å². The fourth-order valence-electron chi connectivity index (χ4n) is 1.17. The number of carbonyl (C=O) groups excluding carboxylic acids is 1. The third-order valence-electron chi connectivity index (χ3n) is 1.67. The number of H-pyrrole nitrogens is 1. The zero-order chi connectivity index (χ0) is 10.1. The second-order valence-electron chi connectivity index (χ2n) is 2.82. The summed E-state index contributed by atoms with van der Waals surface area (Å²) in [4.78, 5) is 17.5. The summed E-state index contributed by atoms with van der Waals surface area (Å²) in [6.45, 7) is 1.34. The molecule has 0 atom stereocenters. The molecule has 14 heavy (non-hydrogen) atoms. The first-order valence-electron chi connectivity index (χ1n) is 3.98. The molecule has 2 aromatic heterocycles. The van der Waals surface area contributed by atoms with Crippen LogP contribution in [0.4, 0.5) is 0 Å². The number of aromatic amines is 1. The van der Waals surface area contributed by atoms with Crippen LogP contribution in [-0.2, 0) is 4.79 Å². The van der Waals surface area contributed by atoms with Gasteiger partial charge in [0.25, 0.3) is 0 Å². The second-order valence-corrected chi connectivity index (χ2v) is 3.26. The van der Waals surface area contributed by atoms with Crippen LogP contribution < -0.4 is 4.74 Å². The number of halogens is 1. The van der Waals surface area contributed by atoms with E-state index in [0.29, 0.717) is 16.5 Å². The van der Waals surface area contributed by atoms with Crippen molar-refractivity contribution in [2.24, 2.45) is 0 Å². The van der Waals surface area contributed by atoms with Crippen molar-refractivity contribution in [3.63, 3.8) is 0 Å². The molecule has 2 heterocycles. The van der Waals surface area contributed by atoms with E-state index in [2.05, 4.69) is 9.97 Å². The molecule has 2 rings (SSSR count). The van der Waals surface area contributed by atoms with Crippen LogP contribution in [0.2, 0.25) is 5.02 Å². The Morgan fingerprint density at radius 3 is 3.07 bits per heavy atom. The number of fused-ring (bicyclic) bond motifs is 1. The lowest BCUT2D eigenvalue weighted by Crippen LogP contribution is -2.00. The van der Waals surface area contributed by atoms with Crippen molar-refractivity contribution >= 4 is 28.6 Å². The number of hydrogen-bond donors (Lipinski definition) is 1. The van der Waals surface area contributed by atoms with Crippen molar-refractivity contribution in [1.82, 2.24) is 9.97 Å². The Morgan fingerprint density at radius 1 is 1.57 bits per heavy atom. The third kappa shape index (κ3) is 1.70. The van der Waals surface area contributed by atoms with Crippen LogP contribution >= 0.6 is 11.6 Å². The third-order valence-corrected chi connectivity index (χ3v) is 1.87. The average Bonchev–Trinajstić information content (AvgIpc) is 2.44. The summed E-state index contributed by atoms with van der Waals surface area (Å²) >= 11 is 5.75. The Hall–Kier alpha value is -1.55. The first-order valence-corrected chi connectivity index (χ1v) is 4.35. The number of nitrogens with zero attached hydrogens (tertiary/aromatic N) is 1. The van der Waals surface area contributed by atoms with Gasteiger partial charge in [-0.05, 0) is 6.07 Å². The van der Waals surface area contributed by atoms with Crippen molar-refractivity contribution < 1.29 is 9.53 Å². The minimum absolute atomic E-state index is 0.373. The van der Waals surface area contributed by atoms with Gasteiger partial charge >= 0.3 is 5.97 Å². The van der Waals surface area contributed by atoms with E-state index in [9.17, 15) is 4.79 Å². The smallest absolute Gasteiger partial charge is 0.309 e. The fourth-order valence-corrected chi connectivity index (χ4v) is 1.34. The molecule has 72 valence electrons. The van der Waals surface area contributed by atoms with Crippen LogP contribution in [0.1, 0.15) is 6.92 Å². The highest BCUT2D eigenvalue weighted by Gasteiger charge is 2.04. The number of aromatic nitrogens is 2. The maximum absolute atomic E-state index is 10.7. The minimum atomic E-state index is -0.373. The van der Waals surface area contributed by atoms with Gasteiger partial charge in [-0.2, -0.15) is 0 Å². The molecular formula is C9H7ClN2O2. The van der Waals surface area contributed by atoms with E-state index in [1.165, 1.54) is 13.1 Å². The maximum atomic E-state index is 10.7. The molecule has 2 aromatic rings. The molecule has 0 aliphatic carbocycles. The zero-order valence-corrected chi connectivity index (χ0v) is 8.13. The molecule has 5 heteroatoms. The molecule has 4 nitrogen and oxygen atoms in total. The SMILES string of the molecule is CC(=O)Oc1cc2cc(Cl)cnc2[nH]1. The van der Waals surface area contributed by atoms with E-state index in [-0.39, 0.29) is 5.97 Å². The number of nitrogens with one attached hydrogen (secondary N) is 1. The van der Waals surface area contributed by atoms with Gasteiger partial charge in [-0.1, -0.05) is 11.6 Å². The molecular weight excluding hydrogens is 204 g/mol. The number of pyridine rings is 1. The summed E-state index contributed by atoms with van der Waals surface area (Å²) in [6.07, 6.45) is 1.53. The highest BCUT2D eigenvalue weighted by atomic mass is 35.5. The number of hydrogen-bond acceptors (Lipinski definition) is 3. The van der Waals surface area contributed by atoms with Crippen LogP contribution in [0.25, 0.3) is 11.0 Å². The van der Waals surface area contributed by atoms with Crippen molar-refractivity contribution in [2.45, 2.75) is 6.92 Å². The van der Waals surface area contributed by atoms with Gasteiger partial charge in [0.1, 0.15) is 5.65 Å². The fraction of sp³-hybridized carbons (Fsp3) is 0.111. The summed E-state index contributed by atoms with van der Waals surface area (Å²) in [6, 6.07) is 3.42. The van der Waals surface area contributed by atoms with E-state index >= 15 is 0 Å². The van der Waals surface area contributed by atoms with E-state index in [1.54, 1.807) is 12.1 Å². The molecule has 0 aromatic carbocycles. The largest absolute Gasteiger partial charge is 0.410 e. The Balaban J connectivity index is 2.46. The summed E-state index contributed by atoms with van der Waals surface area (Å²) in [5.41, 5.74) is 0.644. The quantitative estimate of drug-likeness (QED) is 0.734. The van der Waals surface area contributed by atoms with E-state index in [0.717, 1.165) is 5.39 Å². The molecule has 1 N–H and O–H groups in total. The monoisotopic (exact) mass is 210 g/mol. The lowest BCUT2D eigenvalue weighted by Gasteiger charge is -1.93. The molecule has 0 unspecified atom stereocenters. The van der Waals surface area contributed by atoms with Gasteiger partial charge < -0.3 is 9.72 Å². The summed E-state index contributed by atoms with van der Waals surface area (Å²) in [5.74, 6) is 0.00456. The van der Waals surface area contributed by atoms with Gasteiger partial charge in [0, 0.05) is 24.6 Å². The highest BCUT2D eigenvalue weighted by Crippen LogP contribution is 2.21. The first kappa shape index (κ1) is 9.02. The van der Waals surface area contributed by atoms with E-state index in [4.69, 9.17) is 16.3 Å². The Kier molecular flexibility index (Phi) is 2.13. The van der Waals surface area contributed by atoms with Gasteiger partial charge in [-0.25, -0.2) is 4.98 Å². The van der Waals surface area contributed by atoms with Crippen LogP contribution in [0.5, 0.6) is 5.88 Å². The highest BCUT2D eigenvalue weighted by molar-refractivity contribution is 6.31. The lowest BCUT2D eigenvalue weighted by molar-refractivity contribution is -0.132. The summed E-state index contributed by atoms with van der Waals surface area (Å²) in [5, 5.41) is 1.36. The molecule has 0 fully saturated rings. The number of rotatable bonds is 1. The molecule has 0 aliphatic heterocycles. The normalized spacial score (nSPS) is 10.4. The Bertz CT molecular complexity index is 493. The molecule has 0 saturated carbocycles. The Morgan fingerprint density at radius 2 is 2.36 bits per heavy atom. The first-order chi connectivity index (χ1) is 6.65. The molecule has 0 saturated heterocycles. The number of ether oxygens (including phenoxy) is 1. The van der Waals surface area contributed by atoms with Crippen LogP contribution in [0.3, 0.4) is 0 Å². The van der Waals surface area contributed by atoms with Crippen molar-refractivity contribution in [2.75, 3.05) is 0 Å². The van der Waals surface area contributed by atoms with Crippen LogP contribution in [-0.4, -0.2) is 15.9 Å². The number of esters is 1. The van der Waals surface area contributed by atoms with Gasteiger partial charge in [-0.15, -0.1) is 0 Å². The standard InChI is InChI=1S/C9H7ClN2O2/c1-5(13)14-8-3-6-2-7(10)4-11-9(6)12-8/h2-4H,1H3,(H,11,12). The van der Waals surface area contributed by atoms with Crippen LogP contribution in [0.15, 0.2) is 18.3 Å². The molecule has 0 amide bonds. The number of carbonyl (C=O) groups is 1. The minimum Gasteiger partial charge on any atom is -0.410 e. The molecule has 0 bridgehead atoms. The second kappa shape index (κ2) is 3.31. The summed E-state index contributed by atoms with van der Waals surface area (Å²) in [7, 11) is 0. The van der Waals surface area contributed by atoms with Crippen LogP contribution in [0, 0.1) is 0 Å². The molecule has 0 radical (unpaired) electrons. The lowest BCUT2D eigenvalue weighted by atomic mass is 10.3. The van der Waals surface area contributed by atoms with E-state index < -0.39 is 0 Å². The van der Waals surface area contributed by atoms with Gasteiger partial charge in [-0.3, -0.25) is 4.79 Å². The van der Waals surface area contributed by atoms with Gasteiger partial charge in [0.05, 0.1) is 5.02 Å². The summed E-state index contributed by atoms with van der Waals surface area (Å²) < 4.78 is 4.86.